The van der Waals surface area contributed by atoms with Gasteiger partial charge in [0.15, 0.2) is 17.5 Å². The highest BCUT2D eigenvalue weighted by atomic mass is 127. The molecule has 0 bridgehead atoms. The number of aliphatic imine (C=N–C) groups is 1. The standard InChI is InChI=1S/C13H18BrN3O2.HI/c1-13(2,3)17-12(15)16-6-8-4-9(14)11-10(5-8)18-7-19-11;/h4-5H,6-7H2,1-3H3,(H3,15,16,17);1H. The van der Waals surface area contributed by atoms with Crippen molar-refractivity contribution < 1.29 is 9.47 Å². The molecule has 2 rings (SSSR count). The average Bonchev–Trinajstić information content (AvgIpc) is 2.72. The van der Waals surface area contributed by atoms with Gasteiger partial charge in [0.05, 0.1) is 11.0 Å². The van der Waals surface area contributed by atoms with Crippen molar-refractivity contribution in [3.63, 3.8) is 0 Å². The van der Waals surface area contributed by atoms with E-state index < -0.39 is 0 Å². The average molecular weight is 456 g/mol. The fourth-order valence-corrected chi connectivity index (χ4v) is 2.32. The third-order valence-electron chi connectivity index (χ3n) is 2.42. The van der Waals surface area contributed by atoms with Crippen molar-refractivity contribution >= 4 is 45.9 Å². The van der Waals surface area contributed by atoms with Gasteiger partial charge in [-0.15, -0.1) is 24.0 Å². The molecule has 5 nitrogen and oxygen atoms in total. The lowest BCUT2D eigenvalue weighted by Gasteiger charge is -2.21. The van der Waals surface area contributed by atoms with Crippen LogP contribution in [0.5, 0.6) is 11.5 Å². The van der Waals surface area contributed by atoms with Crippen LogP contribution in [-0.2, 0) is 6.54 Å². The molecule has 0 fully saturated rings. The van der Waals surface area contributed by atoms with Crippen molar-refractivity contribution in [2.24, 2.45) is 10.7 Å². The molecule has 0 unspecified atom stereocenters. The Balaban J connectivity index is 0.00000200. The molecule has 20 heavy (non-hydrogen) atoms. The number of rotatable bonds is 2. The Hall–Kier alpha value is -0.700. The molecular weight excluding hydrogens is 437 g/mol. The summed E-state index contributed by atoms with van der Waals surface area (Å²) in [5.74, 6) is 1.91. The van der Waals surface area contributed by atoms with Crippen molar-refractivity contribution in [2.75, 3.05) is 6.79 Å². The second-order valence-electron chi connectivity index (χ2n) is 5.39. The molecule has 1 aliphatic rings. The van der Waals surface area contributed by atoms with Crippen molar-refractivity contribution in [1.82, 2.24) is 5.32 Å². The molecule has 0 amide bonds. The molecule has 0 spiro atoms. The van der Waals surface area contributed by atoms with Crippen LogP contribution in [0.15, 0.2) is 21.6 Å². The predicted molar refractivity (Wildman–Crippen MR) is 93.9 cm³/mol. The molecule has 3 N–H and O–H groups in total. The van der Waals surface area contributed by atoms with Gasteiger partial charge in [0.2, 0.25) is 6.79 Å². The second-order valence-corrected chi connectivity index (χ2v) is 6.24. The molecule has 1 aromatic carbocycles. The van der Waals surface area contributed by atoms with Crippen LogP contribution in [0.2, 0.25) is 0 Å². The van der Waals surface area contributed by atoms with Crippen LogP contribution in [-0.4, -0.2) is 18.3 Å². The van der Waals surface area contributed by atoms with Gasteiger partial charge >= 0.3 is 0 Å². The maximum absolute atomic E-state index is 5.83. The van der Waals surface area contributed by atoms with Gasteiger partial charge in [0.25, 0.3) is 0 Å². The number of fused-ring (bicyclic) bond motifs is 1. The molecule has 7 heteroatoms. The van der Waals surface area contributed by atoms with Crippen LogP contribution in [0.3, 0.4) is 0 Å². The number of ether oxygens (including phenoxy) is 2. The zero-order valence-electron chi connectivity index (χ0n) is 11.7. The Bertz CT molecular complexity index is 515. The molecule has 0 aromatic heterocycles. The lowest BCUT2D eigenvalue weighted by atomic mass is 10.1. The maximum Gasteiger partial charge on any atom is 0.231 e. The predicted octanol–water partition coefficient (Wildman–Crippen LogP) is 3.00. The molecule has 0 saturated heterocycles. The second kappa shape index (κ2) is 6.84. The fourth-order valence-electron chi connectivity index (χ4n) is 1.71. The van der Waals surface area contributed by atoms with Crippen LogP contribution >= 0.6 is 39.9 Å². The monoisotopic (exact) mass is 455 g/mol. The topological polar surface area (TPSA) is 68.9 Å². The van der Waals surface area contributed by atoms with Crippen LogP contribution < -0.4 is 20.5 Å². The zero-order valence-corrected chi connectivity index (χ0v) is 15.6. The number of halogens is 2. The van der Waals surface area contributed by atoms with Crippen LogP contribution in [0.4, 0.5) is 0 Å². The Morgan fingerprint density at radius 2 is 2.10 bits per heavy atom. The third-order valence-corrected chi connectivity index (χ3v) is 3.01. The van der Waals surface area contributed by atoms with E-state index in [0.29, 0.717) is 12.5 Å². The quantitative estimate of drug-likeness (QED) is 0.408. The minimum atomic E-state index is -0.0942. The number of nitrogens with zero attached hydrogens (tertiary/aromatic N) is 1. The summed E-state index contributed by atoms with van der Waals surface area (Å²) in [5, 5.41) is 3.12. The Kier molecular flexibility index (Phi) is 5.93. The van der Waals surface area contributed by atoms with Gasteiger partial charge in [0, 0.05) is 5.54 Å². The summed E-state index contributed by atoms with van der Waals surface area (Å²) in [4.78, 5) is 4.31. The smallest absolute Gasteiger partial charge is 0.231 e. The van der Waals surface area contributed by atoms with E-state index in [4.69, 9.17) is 15.2 Å². The minimum Gasteiger partial charge on any atom is -0.454 e. The SMILES string of the molecule is CC(C)(C)NC(N)=NCc1cc(Br)c2c(c1)OCO2.I. The van der Waals surface area contributed by atoms with E-state index in [0.717, 1.165) is 21.5 Å². The first-order chi connectivity index (χ1) is 8.85. The number of hydrogen-bond acceptors (Lipinski definition) is 3. The number of hydrogen-bond donors (Lipinski definition) is 2. The Labute approximate surface area is 144 Å². The molecule has 112 valence electrons. The highest BCUT2D eigenvalue weighted by Crippen LogP contribution is 2.40. The maximum atomic E-state index is 5.83. The van der Waals surface area contributed by atoms with E-state index >= 15 is 0 Å². The summed E-state index contributed by atoms with van der Waals surface area (Å²) in [6.07, 6.45) is 0. The zero-order chi connectivity index (χ0) is 14.0. The molecule has 1 heterocycles. The van der Waals surface area contributed by atoms with Gasteiger partial charge in [-0.25, -0.2) is 4.99 Å². The van der Waals surface area contributed by atoms with Gasteiger partial charge in [0.1, 0.15) is 0 Å². The summed E-state index contributed by atoms with van der Waals surface area (Å²) in [7, 11) is 0. The highest BCUT2D eigenvalue weighted by molar-refractivity contribution is 14.0. The lowest BCUT2D eigenvalue weighted by molar-refractivity contribution is 0.173. The number of benzene rings is 1. The number of nitrogens with two attached hydrogens (primary N) is 1. The van der Waals surface area contributed by atoms with Crippen molar-refractivity contribution in [3.8, 4) is 11.5 Å². The van der Waals surface area contributed by atoms with E-state index in [1.165, 1.54) is 0 Å². The van der Waals surface area contributed by atoms with Crippen molar-refractivity contribution in [1.29, 1.82) is 0 Å². The third kappa shape index (κ3) is 4.69. The lowest BCUT2D eigenvalue weighted by Crippen LogP contribution is -2.44. The van der Waals surface area contributed by atoms with E-state index in [1.54, 1.807) is 0 Å². The Morgan fingerprint density at radius 3 is 2.75 bits per heavy atom. The highest BCUT2D eigenvalue weighted by Gasteiger charge is 2.17. The Morgan fingerprint density at radius 1 is 1.40 bits per heavy atom. The molecule has 0 aliphatic carbocycles. The normalized spacial score (nSPS) is 13.9. The van der Waals surface area contributed by atoms with E-state index in [2.05, 4.69) is 26.2 Å². The molecule has 0 saturated carbocycles. The number of nitrogens with one attached hydrogen (secondary N) is 1. The van der Waals surface area contributed by atoms with Crippen LogP contribution in [0.1, 0.15) is 26.3 Å². The first-order valence-corrected chi connectivity index (χ1v) is 6.80. The fraction of sp³-hybridized carbons (Fsp3) is 0.462. The van der Waals surface area contributed by atoms with Crippen LogP contribution in [0.25, 0.3) is 0 Å². The molecular formula is C13H19BrIN3O2. The van der Waals surface area contributed by atoms with Gasteiger partial charge in [-0.3, -0.25) is 0 Å². The van der Waals surface area contributed by atoms with Gasteiger partial charge in [-0.05, 0) is 54.4 Å². The van der Waals surface area contributed by atoms with Crippen molar-refractivity contribution in [3.05, 3.63) is 22.2 Å². The molecule has 1 aromatic rings. The summed E-state index contributed by atoms with van der Waals surface area (Å²) in [6.45, 7) is 6.85. The van der Waals surface area contributed by atoms with E-state index in [1.807, 2.05) is 32.9 Å². The van der Waals surface area contributed by atoms with Crippen LogP contribution in [0, 0.1) is 0 Å². The first-order valence-electron chi connectivity index (χ1n) is 6.01. The summed E-state index contributed by atoms with van der Waals surface area (Å²) in [5.41, 5.74) is 6.74. The van der Waals surface area contributed by atoms with Crippen molar-refractivity contribution in [2.45, 2.75) is 32.9 Å². The molecule has 0 atom stereocenters. The van der Waals surface area contributed by atoms with E-state index in [-0.39, 0.29) is 36.3 Å². The minimum absolute atomic E-state index is 0. The van der Waals surface area contributed by atoms with Gasteiger partial charge < -0.3 is 20.5 Å². The first kappa shape index (κ1) is 17.4. The summed E-state index contributed by atoms with van der Waals surface area (Å²) in [6, 6.07) is 3.88. The molecule has 0 radical (unpaired) electrons. The van der Waals surface area contributed by atoms with Gasteiger partial charge in [-0.1, -0.05) is 0 Å². The molecule has 1 aliphatic heterocycles. The summed E-state index contributed by atoms with van der Waals surface area (Å²) < 4.78 is 11.6. The number of guanidine groups is 1. The van der Waals surface area contributed by atoms with Gasteiger partial charge in [-0.2, -0.15) is 0 Å². The summed E-state index contributed by atoms with van der Waals surface area (Å²) >= 11 is 3.45. The van der Waals surface area contributed by atoms with E-state index in [9.17, 15) is 0 Å². The largest absolute Gasteiger partial charge is 0.454 e.